The molecule has 22 heavy (non-hydrogen) atoms. The fourth-order valence-electron chi connectivity index (χ4n) is 2.41. The van der Waals surface area contributed by atoms with Crippen LogP contribution in [-0.2, 0) is 4.79 Å². The van der Waals surface area contributed by atoms with Crippen LogP contribution in [0.2, 0.25) is 0 Å². The van der Waals surface area contributed by atoms with Crippen molar-refractivity contribution in [3.8, 4) is 0 Å². The van der Waals surface area contributed by atoms with E-state index in [1.54, 1.807) is 6.08 Å². The molecule has 2 nitrogen and oxygen atoms in total. The van der Waals surface area contributed by atoms with E-state index in [-0.39, 0.29) is 5.57 Å². The standard InChI is InChI=1S/C19H13BrO2/c20-18-15-9-5-4-8-14(15)10-11-16(18)17(19(21)22)12-13-6-2-1-3-7-13/h1-12H,(H,21,22)/b17-12+. The summed E-state index contributed by atoms with van der Waals surface area (Å²) >= 11 is 3.56. The second-order valence-corrected chi connectivity index (χ2v) is 5.72. The number of halogens is 1. The summed E-state index contributed by atoms with van der Waals surface area (Å²) in [5.74, 6) is -0.945. The number of carboxylic acids is 1. The third-order valence-electron chi connectivity index (χ3n) is 3.49. The minimum absolute atomic E-state index is 0.267. The Morgan fingerprint density at radius 1 is 0.909 bits per heavy atom. The van der Waals surface area contributed by atoms with Crippen molar-refractivity contribution >= 4 is 44.3 Å². The monoisotopic (exact) mass is 352 g/mol. The number of hydrogen-bond donors (Lipinski definition) is 1. The van der Waals surface area contributed by atoms with E-state index < -0.39 is 5.97 Å². The number of carboxylic acid groups (broad SMARTS) is 1. The highest BCUT2D eigenvalue weighted by Crippen LogP contribution is 2.33. The van der Waals surface area contributed by atoms with Crippen LogP contribution in [0.5, 0.6) is 0 Å². The predicted molar refractivity (Wildman–Crippen MR) is 93.6 cm³/mol. The summed E-state index contributed by atoms with van der Waals surface area (Å²) < 4.78 is 0.801. The average Bonchev–Trinajstić information content (AvgIpc) is 2.54. The molecule has 0 spiro atoms. The number of rotatable bonds is 3. The fourth-order valence-corrected chi connectivity index (χ4v) is 3.12. The maximum atomic E-state index is 11.7. The highest BCUT2D eigenvalue weighted by Gasteiger charge is 2.15. The molecule has 108 valence electrons. The Morgan fingerprint density at radius 2 is 1.59 bits per heavy atom. The summed E-state index contributed by atoms with van der Waals surface area (Å²) in [6.07, 6.45) is 1.69. The van der Waals surface area contributed by atoms with Crippen LogP contribution in [0.15, 0.2) is 71.2 Å². The van der Waals surface area contributed by atoms with E-state index in [1.165, 1.54) is 0 Å². The van der Waals surface area contributed by atoms with Crippen molar-refractivity contribution in [2.75, 3.05) is 0 Å². The summed E-state index contributed by atoms with van der Waals surface area (Å²) in [6, 6.07) is 21.1. The number of hydrogen-bond acceptors (Lipinski definition) is 1. The summed E-state index contributed by atoms with van der Waals surface area (Å²) in [4.78, 5) is 11.7. The van der Waals surface area contributed by atoms with Crippen LogP contribution < -0.4 is 0 Å². The second kappa shape index (κ2) is 6.16. The lowest BCUT2D eigenvalue weighted by Crippen LogP contribution is -2.00. The molecule has 0 aromatic heterocycles. The first-order valence-electron chi connectivity index (χ1n) is 6.84. The molecule has 1 N–H and O–H groups in total. The lowest BCUT2D eigenvalue weighted by Gasteiger charge is -2.09. The van der Waals surface area contributed by atoms with Gasteiger partial charge in [0, 0.05) is 10.0 Å². The van der Waals surface area contributed by atoms with Crippen LogP contribution in [0, 0.1) is 0 Å². The third-order valence-corrected chi connectivity index (χ3v) is 4.35. The maximum absolute atomic E-state index is 11.7. The van der Waals surface area contributed by atoms with Crippen LogP contribution in [0.4, 0.5) is 0 Å². The van der Waals surface area contributed by atoms with Crippen LogP contribution in [0.1, 0.15) is 11.1 Å². The second-order valence-electron chi connectivity index (χ2n) is 4.92. The van der Waals surface area contributed by atoms with Gasteiger partial charge in [0.2, 0.25) is 0 Å². The molecule has 0 bridgehead atoms. The van der Waals surface area contributed by atoms with Crippen LogP contribution in [-0.4, -0.2) is 11.1 Å². The summed E-state index contributed by atoms with van der Waals surface area (Å²) in [5, 5.41) is 11.7. The van der Waals surface area contributed by atoms with E-state index in [9.17, 15) is 9.90 Å². The Morgan fingerprint density at radius 3 is 2.32 bits per heavy atom. The summed E-state index contributed by atoms with van der Waals surface area (Å²) in [5.41, 5.74) is 1.80. The highest BCUT2D eigenvalue weighted by atomic mass is 79.9. The molecule has 0 atom stereocenters. The third kappa shape index (κ3) is 2.81. The van der Waals surface area contributed by atoms with Gasteiger partial charge in [-0.15, -0.1) is 0 Å². The van der Waals surface area contributed by atoms with Gasteiger partial charge in [0.05, 0.1) is 5.57 Å². The fraction of sp³-hybridized carbons (Fsp3) is 0. The van der Waals surface area contributed by atoms with Gasteiger partial charge in [-0.1, -0.05) is 66.7 Å². The van der Waals surface area contributed by atoms with Crippen LogP contribution in [0.25, 0.3) is 22.4 Å². The lowest BCUT2D eigenvalue weighted by atomic mass is 9.99. The Balaban J connectivity index is 2.20. The average molecular weight is 353 g/mol. The highest BCUT2D eigenvalue weighted by molar-refractivity contribution is 9.10. The Hall–Kier alpha value is -2.39. The van der Waals surface area contributed by atoms with Gasteiger partial charge in [0.1, 0.15) is 0 Å². The van der Waals surface area contributed by atoms with Gasteiger partial charge in [-0.05, 0) is 38.3 Å². The molecule has 0 amide bonds. The Bertz CT molecular complexity index is 867. The maximum Gasteiger partial charge on any atom is 0.336 e. The molecule has 0 aliphatic carbocycles. The lowest BCUT2D eigenvalue weighted by molar-refractivity contribution is -0.130. The topological polar surface area (TPSA) is 37.3 Å². The number of carbonyl (C=O) groups is 1. The largest absolute Gasteiger partial charge is 0.478 e. The normalized spacial score (nSPS) is 11.6. The van der Waals surface area contributed by atoms with Gasteiger partial charge in [-0.3, -0.25) is 0 Å². The number of aliphatic carboxylic acids is 1. The molecule has 0 saturated carbocycles. The summed E-state index contributed by atoms with van der Waals surface area (Å²) in [6.45, 7) is 0. The van der Waals surface area contributed by atoms with Crippen molar-refractivity contribution in [1.29, 1.82) is 0 Å². The van der Waals surface area contributed by atoms with Gasteiger partial charge in [0.15, 0.2) is 0 Å². The molecule has 0 radical (unpaired) electrons. The van der Waals surface area contributed by atoms with Gasteiger partial charge in [0.25, 0.3) is 0 Å². The Kier molecular flexibility index (Phi) is 4.07. The first-order chi connectivity index (χ1) is 10.7. The smallest absolute Gasteiger partial charge is 0.336 e. The van der Waals surface area contributed by atoms with E-state index in [0.29, 0.717) is 5.56 Å². The minimum atomic E-state index is -0.945. The minimum Gasteiger partial charge on any atom is -0.478 e. The number of benzene rings is 3. The van der Waals surface area contributed by atoms with E-state index in [4.69, 9.17) is 0 Å². The molecule has 0 fully saturated rings. The molecule has 0 aliphatic heterocycles. The molecule has 0 heterocycles. The molecule has 3 aromatic carbocycles. The van der Waals surface area contributed by atoms with E-state index in [1.807, 2.05) is 66.7 Å². The van der Waals surface area contributed by atoms with Gasteiger partial charge >= 0.3 is 5.97 Å². The molecule has 0 aliphatic rings. The number of fused-ring (bicyclic) bond motifs is 1. The van der Waals surface area contributed by atoms with E-state index in [0.717, 1.165) is 20.8 Å². The Labute approximate surface area is 136 Å². The van der Waals surface area contributed by atoms with Crippen molar-refractivity contribution in [1.82, 2.24) is 0 Å². The van der Waals surface area contributed by atoms with Crippen molar-refractivity contribution in [2.45, 2.75) is 0 Å². The zero-order valence-corrected chi connectivity index (χ0v) is 13.2. The molecular formula is C19H13BrO2. The summed E-state index contributed by atoms with van der Waals surface area (Å²) in [7, 11) is 0. The van der Waals surface area contributed by atoms with Crippen molar-refractivity contribution in [3.63, 3.8) is 0 Å². The first-order valence-corrected chi connectivity index (χ1v) is 7.64. The molecule has 3 heteroatoms. The molecular weight excluding hydrogens is 340 g/mol. The van der Waals surface area contributed by atoms with E-state index >= 15 is 0 Å². The van der Waals surface area contributed by atoms with Gasteiger partial charge < -0.3 is 5.11 Å². The van der Waals surface area contributed by atoms with Gasteiger partial charge in [-0.2, -0.15) is 0 Å². The van der Waals surface area contributed by atoms with Crippen molar-refractivity contribution < 1.29 is 9.90 Å². The van der Waals surface area contributed by atoms with Gasteiger partial charge in [-0.25, -0.2) is 4.79 Å². The quantitative estimate of drug-likeness (QED) is 0.517. The van der Waals surface area contributed by atoms with E-state index in [2.05, 4.69) is 15.9 Å². The van der Waals surface area contributed by atoms with Crippen LogP contribution >= 0.6 is 15.9 Å². The molecule has 0 saturated heterocycles. The molecule has 3 aromatic rings. The van der Waals surface area contributed by atoms with Crippen molar-refractivity contribution in [3.05, 3.63) is 82.3 Å². The van der Waals surface area contributed by atoms with Crippen LogP contribution in [0.3, 0.4) is 0 Å². The molecule has 0 unspecified atom stereocenters. The molecule has 3 rings (SSSR count). The van der Waals surface area contributed by atoms with Crippen molar-refractivity contribution in [2.24, 2.45) is 0 Å². The first kappa shape index (κ1) is 14.5. The zero-order chi connectivity index (χ0) is 15.5. The predicted octanol–water partition coefficient (Wildman–Crippen LogP) is 5.23. The zero-order valence-electron chi connectivity index (χ0n) is 11.7. The SMILES string of the molecule is O=C(O)/C(=C/c1ccccc1)c1ccc2ccccc2c1Br.